The van der Waals surface area contributed by atoms with Crippen LogP contribution in [-0.4, -0.2) is 23.7 Å². The lowest BCUT2D eigenvalue weighted by Crippen LogP contribution is -2.30. The van der Waals surface area contributed by atoms with Gasteiger partial charge in [-0.2, -0.15) is 0 Å². The number of amides is 1. The molecule has 0 aliphatic carbocycles. The summed E-state index contributed by atoms with van der Waals surface area (Å²) in [4.78, 5) is 23.9. The lowest BCUT2D eigenvalue weighted by atomic mass is 10.3. The summed E-state index contributed by atoms with van der Waals surface area (Å²) in [6.07, 6.45) is -1.15. The first-order valence-corrected chi connectivity index (χ1v) is 8.18. The van der Waals surface area contributed by atoms with Crippen molar-refractivity contribution >= 4 is 29.3 Å². The van der Waals surface area contributed by atoms with E-state index in [-0.39, 0.29) is 11.4 Å². The normalized spacial score (nSPS) is 11.7. The molecule has 25 heavy (non-hydrogen) atoms. The Morgan fingerprint density at radius 3 is 2.48 bits per heavy atom. The van der Waals surface area contributed by atoms with Gasteiger partial charge in [-0.25, -0.2) is 13.2 Å². The van der Waals surface area contributed by atoms with Crippen molar-refractivity contribution in [2.24, 2.45) is 0 Å². The second-order valence-electron chi connectivity index (χ2n) is 4.97. The van der Waals surface area contributed by atoms with Crippen LogP contribution in [0.25, 0.3) is 0 Å². The number of anilines is 1. The molecule has 4 nitrogen and oxygen atoms in total. The highest BCUT2D eigenvalue weighted by molar-refractivity contribution is 8.00. The minimum atomic E-state index is -1.15. The first kappa shape index (κ1) is 18.9. The Bertz CT molecular complexity index is 785. The predicted octanol–water partition coefficient (Wildman–Crippen LogP) is 3.77. The molecule has 1 amide bonds. The van der Waals surface area contributed by atoms with Gasteiger partial charge in [0.15, 0.2) is 17.7 Å². The summed E-state index contributed by atoms with van der Waals surface area (Å²) in [7, 11) is 0. The Kier molecular flexibility index (Phi) is 6.46. The van der Waals surface area contributed by atoms with Crippen LogP contribution in [0.5, 0.6) is 0 Å². The monoisotopic (exact) mass is 369 g/mol. The maximum atomic E-state index is 13.4. The molecular formula is C17H14F3NO3S. The van der Waals surface area contributed by atoms with Gasteiger partial charge >= 0.3 is 5.97 Å². The van der Waals surface area contributed by atoms with Gasteiger partial charge in [0.1, 0.15) is 5.82 Å². The second kappa shape index (κ2) is 8.57. The van der Waals surface area contributed by atoms with Gasteiger partial charge < -0.3 is 10.1 Å². The predicted molar refractivity (Wildman–Crippen MR) is 87.7 cm³/mol. The summed E-state index contributed by atoms with van der Waals surface area (Å²) < 4.78 is 44.3. The van der Waals surface area contributed by atoms with Crippen molar-refractivity contribution in [3.8, 4) is 0 Å². The van der Waals surface area contributed by atoms with Crippen molar-refractivity contribution in [3.63, 3.8) is 0 Å². The zero-order valence-corrected chi connectivity index (χ0v) is 13.9. The smallest absolute Gasteiger partial charge is 0.317 e. The third kappa shape index (κ3) is 5.53. The Labute approximate surface area is 146 Å². The van der Waals surface area contributed by atoms with Crippen LogP contribution in [0, 0.1) is 17.5 Å². The number of carbonyl (C=O) groups is 2. The molecule has 2 aromatic carbocycles. The Morgan fingerprint density at radius 1 is 1.08 bits per heavy atom. The summed E-state index contributed by atoms with van der Waals surface area (Å²) in [5.41, 5.74) is 0.0348. The van der Waals surface area contributed by atoms with Gasteiger partial charge in [-0.05, 0) is 31.2 Å². The topological polar surface area (TPSA) is 55.4 Å². The Morgan fingerprint density at radius 2 is 1.80 bits per heavy atom. The molecule has 0 aliphatic heterocycles. The van der Waals surface area contributed by atoms with Crippen molar-refractivity contribution in [2.75, 3.05) is 11.1 Å². The van der Waals surface area contributed by atoms with Crippen molar-refractivity contribution in [2.45, 2.75) is 17.9 Å². The fourth-order valence-corrected chi connectivity index (χ4v) is 2.52. The van der Waals surface area contributed by atoms with Crippen LogP contribution < -0.4 is 5.32 Å². The molecule has 132 valence electrons. The van der Waals surface area contributed by atoms with E-state index in [1.165, 1.54) is 31.2 Å². The molecule has 0 bridgehead atoms. The average molecular weight is 369 g/mol. The van der Waals surface area contributed by atoms with Gasteiger partial charge in [-0.1, -0.05) is 12.1 Å². The first-order valence-electron chi connectivity index (χ1n) is 7.19. The highest BCUT2D eigenvalue weighted by Crippen LogP contribution is 2.21. The molecule has 2 rings (SSSR count). The summed E-state index contributed by atoms with van der Waals surface area (Å²) in [5, 5.41) is 2.31. The van der Waals surface area contributed by atoms with E-state index < -0.39 is 35.4 Å². The molecule has 1 atom stereocenters. The third-order valence-corrected chi connectivity index (χ3v) is 4.07. The highest BCUT2D eigenvalue weighted by atomic mass is 32.2. The lowest BCUT2D eigenvalue weighted by Gasteiger charge is -2.13. The Hall–Kier alpha value is -2.48. The van der Waals surface area contributed by atoms with Gasteiger partial charge in [-0.15, -0.1) is 11.8 Å². The van der Waals surface area contributed by atoms with Crippen LogP contribution in [0.15, 0.2) is 47.4 Å². The van der Waals surface area contributed by atoms with Crippen LogP contribution in [-0.2, 0) is 14.3 Å². The second-order valence-corrected chi connectivity index (χ2v) is 5.99. The van der Waals surface area contributed by atoms with Gasteiger partial charge in [-0.3, -0.25) is 9.59 Å². The number of carbonyl (C=O) groups excluding carboxylic acids is 2. The number of thioether (sulfide) groups is 1. The van der Waals surface area contributed by atoms with Crippen molar-refractivity contribution in [1.29, 1.82) is 0 Å². The van der Waals surface area contributed by atoms with E-state index in [1.807, 2.05) is 0 Å². The standard InChI is InChI=1S/C17H14F3NO3S/c1-10(17(23)21-11-6-7-12(18)14(20)8-11)24-16(22)9-25-15-5-3-2-4-13(15)19/h2-8,10H,9H2,1H3,(H,21,23)/t10-/m1/s1. The first-order chi connectivity index (χ1) is 11.9. The summed E-state index contributed by atoms with van der Waals surface area (Å²) >= 11 is 0.944. The van der Waals surface area contributed by atoms with Crippen LogP contribution in [0.3, 0.4) is 0 Å². The van der Waals surface area contributed by atoms with Crippen LogP contribution in [0.2, 0.25) is 0 Å². The highest BCUT2D eigenvalue weighted by Gasteiger charge is 2.19. The Balaban J connectivity index is 1.84. The van der Waals surface area contributed by atoms with E-state index in [0.29, 0.717) is 4.90 Å². The largest absolute Gasteiger partial charge is 0.452 e. The minimum absolute atomic E-state index is 0.0348. The van der Waals surface area contributed by atoms with Gasteiger partial charge in [0.05, 0.1) is 5.75 Å². The van der Waals surface area contributed by atoms with E-state index in [1.54, 1.807) is 6.07 Å². The third-order valence-electron chi connectivity index (χ3n) is 3.05. The fraction of sp³-hybridized carbons (Fsp3) is 0.176. The summed E-state index contributed by atoms with van der Waals surface area (Å²) in [6, 6.07) is 8.82. The number of nitrogens with one attached hydrogen (secondary N) is 1. The maximum absolute atomic E-state index is 13.4. The molecule has 0 unspecified atom stereocenters. The number of ether oxygens (including phenoxy) is 1. The fourth-order valence-electron chi connectivity index (χ4n) is 1.80. The SMILES string of the molecule is C[C@@H](OC(=O)CSc1ccccc1F)C(=O)Nc1ccc(F)c(F)c1. The lowest BCUT2D eigenvalue weighted by molar-refractivity contribution is -0.150. The van der Waals surface area contributed by atoms with E-state index in [0.717, 1.165) is 23.9 Å². The number of benzene rings is 2. The molecule has 0 saturated carbocycles. The number of esters is 1. The molecule has 0 heterocycles. The van der Waals surface area contributed by atoms with Crippen LogP contribution >= 0.6 is 11.8 Å². The van der Waals surface area contributed by atoms with E-state index in [2.05, 4.69) is 5.32 Å². The van der Waals surface area contributed by atoms with E-state index in [9.17, 15) is 22.8 Å². The summed E-state index contributed by atoms with van der Waals surface area (Å²) in [5.74, 6) is -4.18. The van der Waals surface area contributed by atoms with Gasteiger partial charge in [0, 0.05) is 16.6 Å². The molecule has 0 aromatic heterocycles. The van der Waals surface area contributed by atoms with Crippen molar-refractivity contribution < 1.29 is 27.5 Å². The maximum Gasteiger partial charge on any atom is 0.317 e. The quantitative estimate of drug-likeness (QED) is 0.622. The number of hydrogen-bond donors (Lipinski definition) is 1. The number of rotatable bonds is 6. The van der Waals surface area contributed by atoms with E-state index in [4.69, 9.17) is 4.74 Å². The molecule has 0 spiro atoms. The van der Waals surface area contributed by atoms with Crippen LogP contribution in [0.1, 0.15) is 6.92 Å². The molecule has 1 N–H and O–H groups in total. The average Bonchev–Trinajstić information content (AvgIpc) is 2.57. The summed E-state index contributed by atoms with van der Waals surface area (Å²) in [6.45, 7) is 1.33. The molecule has 2 aromatic rings. The molecule has 0 fully saturated rings. The molecule has 0 saturated heterocycles. The zero-order valence-electron chi connectivity index (χ0n) is 13.1. The number of hydrogen-bond acceptors (Lipinski definition) is 4. The van der Waals surface area contributed by atoms with Crippen molar-refractivity contribution in [3.05, 3.63) is 59.9 Å². The van der Waals surface area contributed by atoms with Gasteiger partial charge in [0.2, 0.25) is 0 Å². The van der Waals surface area contributed by atoms with E-state index >= 15 is 0 Å². The van der Waals surface area contributed by atoms with Gasteiger partial charge in [0.25, 0.3) is 5.91 Å². The number of halogens is 3. The molecular weight excluding hydrogens is 355 g/mol. The van der Waals surface area contributed by atoms with Crippen molar-refractivity contribution in [1.82, 2.24) is 0 Å². The molecule has 0 aliphatic rings. The zero-order chi connectivity index (χ0) is 18.4. The minimum Gasteiger partial charge on any atom is -0.452 e. The molecule has 8 heteroatoms. The van der Waals surface area contributed by atoms with Crippen LogP contribution in [0.4, 0.5) is 18.9 Å². The molecule has 0 radical (unpaired) electrons.